The summed E-state index contributed by atoms with van der Waals surface area (Å²) in [6.45, 7) is 4.34. The number of esters is 3. The van der Waals surface area contributed by atoms with Gasteiger partial charge in [-0.05, 0) is 18.4 Å². The van der Waals surface area contributed by atoms with E-state index < -0.39 is 60.4 Å². The molecular formula is C30H44N2O11. The normalized spacial score (nSPS) is 21.3. The average molecular weight is 609 g/mol. The number of ether oxygens (including phenoxy) is 6. The van der Waals surface area contributed by atoms with Gasteiger partial charge in [0.2, 0.25) is 5.91 Å². The number of nitrogens with one attached hydrogen (secondary N) is 1. The number of alkyl carbamates (subject to hydrolysis) is 1. The first-order valence-corrected chi connectivity index (χ1v) is 14.5. The number of carbonyl (C=O) groups is 5. The van der Waals surface area contributed by atoms with Gasteiger partial charge in [0.25, 0.3) is 0 Å². The van der Waals surface area contributed by atoms with Crippen LogP contribution in [0.4, 0.5) is 4.79 Å². The number of nitrogens with two attached hydrogens (primary N) is 1. The molecule has 3 N–H and O–H groups in total. The van der Waals surface area contributed by atoms with E-state index in [1.54, 1.807) is 0 Å². The van der Waals surface area contributed by atoms with Crippen molar-refractivity contribution in [3.8, 4) is 0 Å². The van der Waals surface area contributed by atoms with E-state index in [0.717, 1.165) is 37.7 Å². The second-order valence-electron chi connectivity index (χ2n) is 10.3. The van der Waals surface area contributed by atoms with Gasteiger partial charge in [0.05, 0.1) is 5.92 Å². The summed E-state index contributed by atoms with van der Waals surface area (Å²) < 4.78 is 33.1. The van der Waals surface area contributed by atoms with Crippen LogP contribution in [0.1, 0.15) is 71.3 Å². The van der Waals surface area contributed by atoms with Crippen molar-refractivity contribution in [3.05, 3.63) is 35.9 Å². The Morgan fingerprint density at radius 3 is 2.07 bits per heavy atom. The fourth-order valence-corrected chi connectivity index (χ4v) is 4.68. The maximum absolute atomic E-state index is 11.9. The van der Waals surface area contributed by atoms with E-state index in [0.29, 0.717) is 13.0 Å². The van der Waals surface area contributed by atoms with Crippen molar-refractivity contribution in [3.63, 3.8) is 0 Å². The quantitative estimate of drug-likeness (QED) is 0.142. The molecule has 1 aromatic rings. The maximum atomic E-state index is 11.9. The Hall–Kier alpha value is -3.71. The molecule has 1 saturated heterocycles. The fourth-order valence-electron chi connectivity index (χ4n) is 4.68. The SMILES string of the molecule is CC(=O)OC[C@H]1O[C@@H](OCCCCCCCCNC(=O)OCc2ccccc2)[C@H](CC(N)=O)[C@@H](OC(C)=O)[C@H]1OC(C)=O. The lowest BCUT2D eigenvalue weighted by molar-refractivity contribution is -0.291. The molecule has 1 aliphatic rings. The van der Waals surface area contributed by atoms with Crippen molar-refractivity contribution in [2.45, 2.75) is 96.9 Å². The average Bonchev–Trinajstić information content (AvgIpc) is 2.94. The summed E-state index contributed by atoms with van der Waals surface area (Å²) in [5, 5.41) is 2.75. The largest absolute Gasteiger partial charge is 0.463 e. The predicted molar refractivity (Wildman–Crippen MR) is 152 cm³/mol. The third-order valence-corrected chi connectivity index (χ3v) is 6.60. The minimum Gasteiger partial charge on any atom is -0.463 e. The molecule has 2 amide bonds. The number of rotatable bonds is 18. The van der Waals surface area contributed by atoms with Gasteiger partial charge in [-0.25, -0.2) is 4.79 Å². The third-order valence-electron chi connectivity index (χ3n) is 6.60. The highest BCUT2D eigenvalue weighted by molar-refractivity contribution is 5.74. The Labute approximate surface area is 252 Å². The first-order valence-electron chi connectivity index (χ1n) is 14.5. The van der Waals surface area contributed by atoms with Crippen LogP contribution in [0.2, 0.25) is 0 Å². The van der Waals surface area contributed by atoms with E-state index in [1.807, 2.05) is 30.3 Å². The molecule has 13 nitrogen and oxygen atoms in total. The van der Waals surface area contributed by atoms with Gasteiger partial charge in [-0.3, -0.25) is 19.2 Å². The van der Waals surface area contributed by atoms with Crippen LogP contribution in [0.3, 0.4) is 0 Å². The molecule has 0 unspecified atom stereocenters. The van der Waals surface area contributed by atoms with Gasteiger partial charge in [-0.2, -0.15) is 0 Å². The third kappa shape index (κ3) is 14.3. The molecule has 0 aliphatic carbocycles. The van der Waals surface area contributed by atoms with E-state index >= 15 is 0 Å². The molecule has 1 fully saturated rings. The van der Waals surface area contributed by atoms with Crippen LogP contribution in [0.25, 0.3) is 0 Å². The lowest BCUT2D eigenvalue weighted by atomic mass is 9.87. The molecule has 0 saturated carbocycles. The predicted octanol–water partition coefficient (Wildman–Crippen LogP) is 2.91. The zero-order valence-corrected chi connectivity index (χ0v) is 25.1. The highest BCUT2D eigenvalue weighted by Gasteiger charge is 2.51. The molecule has 0 spiro atoms. The van der Waals surface area contributed by atoms with Crippen LogP contribution in [-0.4, -0.2) is 74.3 Å². The van der Waals surface area contributed by atoms with Gasteiger partial charge >= 0.3 is 24.0 Å². The van der Waals surface area contributed by atoms with Gasteiger partial charge in [0.15, 0.2) is 12.4 Å². The smallest absolute Gasteiger partial charge is 0.407 e. The number of benzene rings is 1. The molecule has 43 heavy (non-hydrogen) atoms. The van der Waals surface area contributed by atoms with Crippen molar-refractivity contribution in [1.82, 2.24) is 5.32 Å². The Bertz CT molecular complexity index is 1040. The number of unbranched alkanes of at least 4 members (excludes halogenated alkanes) is 5. The number of amides is 2. The summed E-state index contributed by atoms with van der Waals surface area (Å²) in [4.78, 5) is 58.9. The summed E-state index contributed by atoms with van der Waals surface area (Å²) >= 11 is 0. The van der Waals surface area contributed by atoms with Crippen LogP contribution in [-0.2, 0) is 54.2 Å². The molecule has 5 atom stereocenters. The molecule has 1 heterocycles. The highest BCUT2D eigenvalue weighted by Crippen LogP contribution is 2.34. The van der Waals surface area contributed by atoms with Gasteiger partial charge in [-0.1, -0.05) is 56.0 Å². The first kappa shape index (κ1) is 35.5. The molecular weight excluding hydrogens is 564 g/mol. The second kappa shape index (κ2) is 19.5. The lowest BCUT2D eigenvalue weighted by Gasteiger charge is -2.44. The van der Waals surface area contributed by atoms with Gasteiger partial charge in [0.1, 0.15) is 25.4 Å². The highest BCUT2D eigenvalue weighted by atomic mass is 16.7. The summed E-state index contributed by atoms with van der Waals surface area (Å²) in [5.74, 6) is -3.45. The Morgan fingerprint density at radius 2 is 1.44 bits per heavy atom. The van der Waals surface area contributed by atoms with E-state index in [4.69, 9.17) is 34.2 Å². The summed E-state index contributed by atoms with van der Waals surface area (Å²) in [5.41, 5.74) is 6.39. The van der Waals surface area contributed by atoms with E-state index in [-0.39, 0.29) is 26.2 Å². The zero-order chi connectivity index (χ0) is 31.6. The second-order valence-corrected chi connectivity index (χ2v) is 10.3. The monoisotopic (exact) mass is 608 g/mol. The number of primary amides is 1. The number of carbonyl (C=O) groups excluding carboxylic acids is 5. The summed E-state index contributed by atoms with van der Waals surface area (Å²) in [7, 11) is 0. The summed E-state index contributed by atoms with van der Waals surface area (Å²) in [6.07, 6.45) is 0.229. The van der Waals surface area contributed by atoms with Crippen LogP contribution in [0.15, 0.2) is 30.3 Å². The standard InChI is InChI=1S/C30H44N2O11/c1-20(33)39-19-25-28(42-22(3)35)27(41-21(2)34)24(17-26(31)36)29(43-25)38-16-12-7-5-4-6-11-15-32-30(37)40-18-23-13-9-8-10-14-23/h8-10,13-14,24-25,27-29H,4-7,11-12,15-19H2,1-3H3,(H2,31,36)(H,32,37)/t24-,25-,27-,28+,29-/m1/s1. The van der Waals surface area contributed by atoms with E-state index in [2.05, 4.69) is 5.32 Å². The molecule has 13 heteroatoms. The Morgan fingerprint density at radius 1 is 0.814 bits per heavy atom. The van der Waals surface area contributed by atoms with E-state index in [1.165, 1.54) is 20.8 Å². The maximum Gasteiger partial charge on any atom is 0.407 e. The van der Waals surface area contributed by atoms with Gasteiger partial charge in [-0.15, -0.1) is 0 Å². The van der Waals surface area contributed by atoms with Crippen molar-refractivity contribution in [2.75, 3.05) is 19.8 Å². The minimum atomic E-state index is -1.15. The van der Waals surface area contributed by atoms with Crippen molar-refractivity contribution in [1.29, 1.82) is 0 Å². The van der Waals surface area contributed by atoms with E-state index in [9.17, 15) is 24.0 Å². The topological polar surface area (TPSA) is 179 Å². The Balaban J connectivity index is 1.78. The van der Waals surface area contributed by atoms with Crippen molar-refractivity contribution in [2.24, 2.45) is 11.7 Å². The van der Waals surface area contributed by atoms with Crippen LogP contribution < -0.4 is 11.1 Å². The molecule has 1 aliphatic heterocycles. The van der Waals surface area contributed by atoms with Crippen LogP contribution in [0.5, 0.6) is 0 Å². The number of hydrogen-bond acceptors (Lipinski definition) is 11. The van der Waals surface area contributed by atoms with Crippen LogP contribution in [0, 0.1) is 5.92 Å². The molecule has 0 aromatic heterocycles. The summed E-state index contributed by atoms with van der Waals surface area (Å²) in [6, 6.07) is 9.46. The first-order chi connectivity index (χ1) is 20.6. The molecule has 0 bridgehead atoms. The lowest BCUT2D eigenvalue weighted by Crippen LogP contribution is -2.59. The van der Waals surface area contributed by atoms with Crippen molar-refractivity contribution < 1.29 is 52.4 Å². The zero-order valence-electron chi connectivity index (χ0n) is 25.1. The fraction of sp³-hybridized carbons (Fsp3) is 0.633. The molecule has 0 radical (unpaired) electrons. The minimum absolute atomic E-state index is 0.230. The molecule has 240 valence electrons. The molecule has 2 rings (SSSR count). The number of hydrogen-bond donors (Lipinski definition) is 2. The van der Waals surface area contributed by atoms with Gasteiger partial charge < -0.3 is 39.5 Å². The molecule has 1 aromatic carbocycles. The van der Waals surface area contributed by atoms with Crippen molar-refractivity contribution >= 4 is 29.9 Å². The Kier molecular flexibility index (Phi) is 16.1. The van der Waals surface area contributed by atoms with Crippen LogP contribution >= 0.6 is 0 Å². The van der Waals surface area contributed by atoms with Gasteiger partial charge in [0, 0.05) is 40.3 Å².